The fraction of sp³-hybridized carbons (Fsp3) is 0.0667. The van der Waals surface area contributed by atoms with Crippen molar-refractivity contribution >= 4 is 44.9 Å². The lowest BCUT2D eigenvalue weighted by Crippen LogP contribution is -2.34. The molecule has 0 saturated heterocycles. The first-order valence-corrected chi connectivity index (χ1v) is 7.32. The summed E-state index contributed by atoms with van der Waals surface area (Å²) in [6.45, 7) is 0. The van der Waals surface area contributed by atoms with Gasteiger partial charge in [-0.1, -0.05) is 24.3 Å². The van der Waals surface area contributed by atoms with E-state index in [4.69, 9.17) is 17.0 Å². The molecule has 0 unspecified atom stereocenters. The number of thiocarbonyl (C=S) groups is 1. The molecule has 4 nitrogen and oxygen atoms in total. The third-order valence-corrected chi connectivity index (χ3v) is 3.60. The minimum Gasteiger partial charge on any atom is -0.495 e. The number of amides is 1. The molecule has 2 N–H and O–H groups in total. The van der Waals surface area contributed by atoms with Crippen LogP contribution in [0.4, 0.5) is 5.69 Å². The fourth-order valence-corrected chi connectivity index (χ4v) is 2.38. The van der Waals surface area contributed by atoms with Crippen molar-refractivity contribution in [3.05, 3.63) is 58.6 Å². The zero-order chi connectivity index (χ0) is 15.2. The molecule has 0 atom stereocenters. The molecule has 0 heterocycles. The Labute approximate surface area is 136 Å². The molecule has 6 heteroatoms. The lowest BCUT2D eigenvalue weighted by Gasteiger charge is -2.12. The molecule has 0 spiro atoms. The summed E-state index contributed by atoms with van der Waals surface area (Å²) in [5.74, 6) is 0.366. The highest BCUT2D eigenvalue weighted by Gasteiger charge is 2.11. The maximum absolute atomic E-state index is 12.1. The summed E-state index contributed by atoms with van der Waals surface area (Å²) < 4.78 is 5.92. The van der Waals surface area contributed by atoms with E-state index in [1.807, 2.05) is 24.3 Å². The molecule has 108 valence electrons. The summed E-state index contributed by atoms with van der Waals surface area (Å²) in [6, 6.07) is 14.5. The summed E-state index contributed by atoms with van der Waals surface area (Å²) in [5, 5.41) is 5.78. The van der Waals surface area contributed by atoms with Crippen LogP contribution in [0.1, 0.15) is 10.4 Å². The molecule has 0 aliphatic heterocycles. The van der Waals surface area contributed by atoms with Crippen molar-refractivity contribution in [3.8, 4) is 5.75 Å². The van der Waals surface area contributed by atoms with Gasteiger partial charge in [0, 0.05) is 4.47 Å². The number of hydrogen-bond acceptors (Lipinski definition) is 3. The second-order valence-electron chi connectivity index (χ2n) is 4.09. The van der Waals surface area contributed by atoms with E-state index in [0.717, 1.165) is 0 Å². The summed E-state index contributed by atoms with van der Waals surface area (Å²) in [6.07, 6.45) is 0. The van der Waals surface area contributed by atoms with Crippen LogP contribution in [0.2, 0.25) is 0 Å². The van der Waals surface area contributed by atoms with Crippen LogP contribution in [0.15, 0.2) is 53.0 Å². The standard InChI is InChI=1S/C15H13BrN2O2S/c1-20-13-9-5-4-8-12(13)17-15(21)18-14(19)10-6-2-3-7-11(10)16/h2-9H,1H3,(H2,17,18,19,21). The molecule has 1 amide bonds. The molecule has 0 saturated carbocycles. The molecule has 0 radical (unpaired) electrons. The second-order valence-corrected chi connectivity index (χ2v) is 5.35. The number of benzene rings is 2. The number of para-hydroxylation sites is 2. The Hall–Kier alpha value is -1.92. The molecule has 0 aromatic heterocycles. The Morgan fingerprint density at radius 1 is 1.14 bits per heavy atom. The third kappa shape index (κ3) is 4.03. The van der Waals surface area contributed by atoms with Crippen LogP contribution in [0.5, 0.6) is 5.75 Å². The SMILES string of the molecule is COc1ccccc1NC(=S)NC(=O)c1ccccc1Br. The summed E-state index contributed by atoms with van der Waals surface area (Å²) >= 11 is 8.48. The highest BCUT2D eigenvalue weighted by Crippen LogP contribution is 2.23. The minimum absolute atomic E-state index is 0.209. The molecule has 2 rings (SSSR count). The van der Waals surface area contributed by atoms with Gasteiger partial charge >= 0.3 is 0 Å². The van der Waals surface area contributed by atoms with Crippen LogP contribution in [0, 0.1) is 0 Å². The summed E-state index contributed by atoms with van der Waals surface area (Å²) in [4.78, 5) is 12.1. The molecule has 0 aliphatic rings. The van der Waals surface area contributed by atoms with Gasteiger partial charge < -0.3 is 10.1 Å². The summed E-state index contributed by atoms with van der Waals surface area (Å²) in [7, 11) is 1.57. The van der Waals surface area contributed by atoms with Crippen molar-refractivity contribution in [1.82, 2.24) is 5.32 Å². The van der Waals surface area contributed by atoms with Crippen molar-refractivity contribution in [2.45, 2.75) is 0 Å². The van der Waals surface area contributed by atoms with Gasteiger partial charge in [0.05, 0.1) is 18.4 Å². The molecular weight excluding hydrogens is 352 g/mol. The van der Waals surface area contributed by atoms with Gasteiger partial charge in [0.1, 0.15) is 5.75 Å². The first-order chi connectivity index (χ1) is 10.1. The predicted octanol–water partition coefficient (Wildman–Crippen LogP) is 3.58. The predicted molar refractivity (Wildman–Crippen MR) is 90.8 cm³/mol. The highest BCUT2D eigenvalue weighted by atomic mass is 79.9. The van der Waals surface area contributed by atoms with Gasteiger partial charge in [-0.05, 0) is 52.4 Å². The number of methoxy groups -OCH3 is 1. The average Bonchev–Trinajstić information content (AvgIpc) is 2.48. The lowest BCUT2D eigenvalue weighted by molar-refractivity contribution is 0.0977. The van der Waals surface area contributed by atoms with Gasteiger partial charge in [0.15, 0.2) is 5.11 Å². The van der Waals surface area contributed by atoms with Gasteiger partial charge in [-0.25, -0.2) is 0 Å². The van der Waals surface area contributed by atoms with E-state index in [0.29, 0.717) is 21.5 Å². The first kappa shape index (κ1) is 15.5. The molecule has 21 heavy (non-hydrogen) atoms. The Balaban J connectivity index is 2.05. The van der Waals surface area contributed by atoms with Crippen LogP contribution >= 0.6 is 28.1 Å². The zero-order valence-electron chi connectivity index (χ0n) is 11.2. The monoisotopic (exact) mass is 364 g/mol. The Morgan fingerprint density at radius 3 is 2.52 bits per heavy atom. The number of nitrogens with one attached hydrogen (secondary N) is 2. The maximum Gasteiger partial charge on any atom is 0.258 e. The minimum atomic E-state index is -0.283. The lowest BCUT2D eigenvalue weighted by atomic mass is 10.2. The van der Waals surface area contributed by atoms with Gasteiger partial charge in [0.25, 0.3) is 5.91 Å². The number of carbonyl (C=O) groups excluding carboxylic acids is 1. The number of anilines is 1. The van der Waals surface area contributed by atoms with Crippen LogP contribution in [0.3, 0.4) is 0 Å². The molecule has 2 aromatic carbocycles. The molecule has 2 aromatic rings. The van der Waals surface area contributed by atoms with E-state index in [9.17, 15) is 4.79 Å². The number of carbonyl (C=O) groups is 1. The zero-order valence-corrected chi connectivity index (χ0v) is 13.6. The van der Waals surface area contributed by atoms with Crippen LogP contribution in [0.25, 0.3) is 0 Å². The van der Waals surface area contributed by atoms with E-state index >= 15 is 0 Å². The van der Waals surface area contributed by atoms with E-state index in [-0.39, 0.29) is 11.0 Å². The van der Waals surface area contributed by atoms with E-state index < -0.39 is 0 Å². The van der Waals surface area contributed by atoms with Crippen molar-refractivity contribution in [3.63, 3.8) is 0 Å². The Kier molecular flexibility index (Phi) is 5.30. The van der Waals surface area contributed by atoms with Gasteiger partial charge in [0.2, 0.25) is 0 Å². The quantitative estimate of drug-likeness (QED) is 0.817. The van der Waals surface area contributed by atoms with E-state index in [1.165, 1.54) is 0 Å². The second kappa shape index (κ2) is 7.19. The molecule has 0 aliphatic carbocycles. The van der Waals surface area contributed by atoms with E-state index in [1.54, 1.807) is 31.4 Å². The molecule has 0 bridgehead atoms. The van der Waals surface area contributed by atoms with Crippen molar-refractivity contribution in [1.29, 1.82) is 0 Å². The van der Waals surface area contributed by atoms with Crippen molar-refractivity contribution in [2.75, 3.05) is 12.4 Å². The number of ether oxygens (including phenoxy) is 1. The van der Waals surface area contributed by atoms with Gasteiger partial charge in [-0.2, -0.15) is 0 Å². The van der Waals surface area contributed by atoms with Crippen LogP contribution < -0.4 is 15.4 Å². The largest absolute Gasteiger partial charge is 0.495 e. The fourth-order valence-electron chi connectivity index (χ4n) is 1.72. The van der Waals surface area contributed by atoms with Crippen molar-refractivity contribution < 1.29 is 9.53 Å². The Bertz CT molecular complexity index is 676. The first-order valence-electron chi connectivity index (χ1n) is 6.11. The average molecular weight is 365 g/mol. The number of hydrogen-bond donors (Lipinski definition) is 2. The van der Waals surface area contributed by atoms with Crippen LogP contribution in [-0.4, -0.2) is 18.1 Å². The van der Waals surface area contributed by atoms with Gasteiger partial charge in [-0.3, -0.25) is 10.1 Å². The van der Waals surface area contributed by atoms with Crippen molar-refractivity contribution in [2.24, 2.45) is 0 Å². The van der Waals surface area contributed by atoms with Gasteiger partial charge in [-0.15, -0.1) is 0 Å². The molecular formula is C15H13BrN2O2S. The topological polar surface area (TPSA) is 50.4 Å². The van der Waals surface area contributed by atoms with Crippen LogP contribution in [-0.2, 0) is 0 Å². The number of halogens is 1. The normalized spacial score (nSPS) is 9.81. The third-order valence-electron chi connectivity index (χ3n) is 2.70. The Morgan fingerprint density at radius 2 is 1.81 bits per heavy atom. The molecule has 0 fully saturated rings. The summed E-state index contributed by atoms with van der Waals surface area (Å²) in [5.41, 5.74) is 1.21. The smallest absolute Gasteiger partial charge is 0.258 e. The van der Waals surface area contributed by atoms with E-state index in [2.05, 4.69) is 26.6 Å². The highest BCUT2D eigenvalue weighted by molar-refractivity contribution is 9.10. The maximum atomic E-state index is 12.1. The number of rotatable bonds is 3.